The second-order valence-corrected chi connectivity index (χ2v) is 4.83. The number of ether oxygens (including phenoxy) is 1. The van der Waals surface area contributed by atoms with Gasteiger partial charge in [-0.15, -0.1) is 0 Å². The van der Waals surface area contributed by atoms with Crippen molar-refractivity contribution in [2.45, 2.75) is 6.42 Å². The molecule has 1 aromatic carbocycles. The molecular formula is C12H17BrN2O. The van der Waals surface area contributed by atoms with Gasteiger partial charge in [0.1, 0.15) is 0 Å². The zero-order valence-electron chi connectivity index (χ0n) is 9.29. The molecule has 2 N–H and O–H groups in total. The van der Waals surface area contributed by atoms with Crippen molar-refractivity contribution in [3.63, 3.8) is 0 Å². The number of benzene rings is 1. The normalized spacial score (nSPS) is 16.5. The second-order valence-electron chi connectivity index (χ2n) is 3.91. The number of anilines is 1. The van der Waals surface area contributed by atoms with E-state index in [1.165, 1.54) is 11.3 Å². The van der Waals surface area contributed by atoms with Crippen molar-refractivity contribution in [3.05, 3.63) is 28.2 Å². The number of rotatable bonds is 3. The third kappa shape index (κ3) is 2.75. The summed E-state index contributed by atoms with van der Waals surface area (Å²) < 4.78 is 6.49. The molecule has 4 heteroatoms. The molecule has 0 unspecified atom stereocenters. The molecule has 0 saturated carbocycles. The molecule has 16 heavy (non-hydrogen) atoms. The highest BCUT2D eigenvalue weighted by atomic mass is 79.9. The Balaban J connectivity index is 2.24. The van der Waals surface area contributed by atoms with Gasteiger partial charge in [-0.05, 0) is 30.7 Å². The van der Waals surface area contributed by atoms with Gasteiger partial charge in [0, 0.05) is 23.2 Å². The highest BCUT2D eigenvalue weighted by Crippen LogP contribution is 2.26. The molecule has 0 radical (unpaired) electrons. The Labute approximate surface area is 105 Å². The summed E-state index contributed by atoms with van der Waals surface area (Å²) in [6.45, 7) is 4.25. The van der Waals surface area contributed by atoms with E-state index in [2.05, 4.69) is 39.0 Å². The Hall–Kier alpha value is -0.580. The van der Waals surface area contributed by atoms with Gasteiger partial charge in [-0.2, -0.15) is 0 Å². The maximum Gasteiger partial charge on any atom is 0.0642 e. The van der Waals surface area contributed by atoms with Crippen molar-refractivity contribution < 1.29 is 4.74 Å². The summed E-state index contributed by atoms with van der Waals surface area (Å²) >= 11 is 3.52. The van der Waals surface area contributed by atoms with Crippen molar-refractivity contribution >= 4 is 21.6 Å². The average molecular weight is 285 g/mol. The predicted octanol–water partition coefficient (Wildman–Crippen LogP) is 1.79. The molecule has 1 fully saturated rings. The molecule has 3 nitrogen and oxygen atoms in total. The van der Waals surface area contributed by atoms with Crippen LogP contribution in [-0.2, 0) is 11.2 Å². The van der Waals surface area contributed by atoms with E-state index >= 15 is 0 Å². The van der Waals surface area contributed by atoms with Crippen LogP contribution in [0.5, 0.6) is 0 Å². The molecule has 0 spiro atoms. The third-order valence-corrected chi connectivity index (χ3v) is 3.31. The van der Waals surface area contributed by atoms with Crippen LogP contribution in [0.3, 0.4) is 0 Å². The van der Waals surface area contributed by atoms with Crippen LogP contribution in [0.2, 0.25) is 0 Å². The van der Waals surface area contributed by atoms with Crippen molar-refractivity contribution in [2.24, 2.45) is 5.73 Å². The molecular weight excluding hydrogens is 268 g/mol. The van der Waals surface area contributed by atoms with Gasteiger partial charge in [0.25, 0.3) is 0 Å². The van der Waals surface area contributed by atoms with Crippen LogP contribution >= 0.6 is 15.9 Å². The topological polar surface area (TPSA) is 38.5 Å². The number of morpholine rings is 1. The molecule has 1 aromatic rings. The highest BCUT2D eigenvalue weighted by Gasteiger charge is 2.14. The lowest BCUT2D eigenvalue weighted by atomic mass is 10.1. The van der Waals surface area contributed by atoms with Crippen molar-refractivity contribution in [3.8, 4) is 0 Å². The fourth-order valence-corrected chi connectivity index (χ4v) is 2.35. The summed E-state index contributed by atoms with van der Waals surface area (Å²) in [5.41, 5.74) is 8.26. The molecule has 0 aromatic heterocycles. The van der Waals surface area contributed by atoms with Crippen molar-refractivity contribution in [1.82, 2.24) is 0 Å². The first kappa shape index (κ1) is 11.9. The number of nitrogens with two attached hydrogens (primary N) is 1. The van der Waals surface area contributed by atoms with E-state index in [-0.39, 0.29) is 0 Å². The van der Waals surface area contributed by atoms with Gasteiger partial charge >= 0.3 is 0 Å². The van der Waals surface area contributed by atoms with E-state index in [0.29, 0.717) is 6.54 Å². The van der Waals surface area contributed by atoms with E-state index in [0.717, 1.165) is 37.2 Å². The first-order valence-corrected chi connectivity index (χ1v) is 6.42. The molecule has 0 aliphatic carbocycles. The molecule has 2 rings (SSSR count). The Kier molecular flexibility index (Phi) is 4.21. The lowest BCUT2D eigenvalue weighted by Crippen LogP contribution is -2.36. The molecule has 0 atom stereocenters. The van der Waals surface area contributed by atoms with E-state index < -0.39 is 0 Å². The third-order valence-electron chi connectivity index (χ3n) is 2.81. The first-order valence-electron chi connectivity index (χ1n) is 5.62. The van der Waals surface area contributed by atoms with Crippen LogP contribution in [0.15, 0.2) is 22.7 Å². The van der Waals surface area contributed by atoms with Gasteiger partial charge < -0.3 is 15.4 Å². The van der Waals surface area contributed by atoms with Gasteiger partial charge in [-0.3, -0.25) is 0 Å². The standard InChI is InChI=1S/C12H17BrN2O/c13-11-2-1-10(3-4-14)12(9-11)15-5-7-16-8-6-15/h1-2,9H,3-8,14H2. The minimum Gasteiger partial charge on any atom is -0.378 e. The van der Waals surface area contributed by atoms with Crippen molar-refractivity contribution in [2.75, 3.05) is 37.7 Å². The van der Waals surface area contributed by atoms with Crippen LogP contribution in [0, 0.1) is 0 Å². The fourth-order valence-electron chi connectivity index (χ4n) is 2.00. The van der Waals surface area contributed by atoms with E-state index in [1.54, 1.807) is 0 Å². The predicted molar refractivity (Wildman–Crippen MR) is 69.9 cm³/mol. The van der Waals surface area contributed by atoms with Crippen LogP contribution in [0.1, 0.15) is 5.56 Å². The largest absolute Gasteiger partial charge is 0.378 e. The zero-order chi connectivity index (χ0) is 11.4. The van der Waals surface area contributed by atoms with Crippen LogP contribution in [-0.4, -0.2) is 32.8 Å². The van der Waals surface area contributed by atoms with Gasteiger partial charge in [0.15, 0.2) is 0 Å². The maximum atomic E-state index is 5.64. The SMILES string of the molecule is NCCc1ccc(Br)cc1N1CCOCC1. The van der Waals surface area contributed by atoms with Crippen LogP contribution in [0.4, 0.5) is 5.69 Å². The molecule has 1 aliphatic rings. The molecule has 0 bridgehead atoms. The average Bonchev–Trinajstić information content (AvgIpc) is 2.33. The first-order chi connectivity index (χ1) is 7.81. The van der Waals surface area contributed by atoms with Gasteiger partial charge in [0.05, 0.1) is 13.2 Å². The summed E-state index contributed by atoms with van der Waals surface area (Å²) in [4.78, 5) is 2.37. The molecule has 0 amide bonds. The number of nitrogens with zero attached hydrogens (tertiary/aromatic N) is 1. The monoisotopic (exact) mass is 284 g/mol. The molecule has 1 heterocycles. The summed E-state index contributed by atoms with van der Waals surface area (Å²) in [5.74, 6) is 0. The van der Waals surface area contributed by atoms with E-state index in [4.69, 9.17) is 10.5 Å². The second kappa shape index (κ2) is 5.66. The quantitative estimate of drug-likeness (QED) is 0.920. The van der Waals surface area contributed by atoms with Gasteiger partial charge in [-0.25, -0.2) is 0 Å². The minimum atomic E-state index is 0.693. The van der Waals surface area contributed by atoms with Crippen molar-refractivity contribution in [1.29, 1.82) is 0 Å². The summed E-state index contributed by atoms with van der Waals surface area (Å²) in [7, 11) is 0. The lowest BCUT2D eigenvalue weighted by molar-refractivity contribution is 0.122. The van der Waals surface area contributed by atoms with Gasteiger partial charge in [-0.1, -0.05) is 22.0 Å². The fraction of sp³-hybridized carbons (Fsp3) is 0.500. The van der Waals surface area contributed by atoms with Gasteiger partial charge in [0.2, 0.25) is 0 Å². The number of hydrogen-bond acceptors (Lipinski definition) is 3. The molecule has 1 aliphatic heterocycles. The van der Waals surface area contributed by atoms with E-state index in [9.17, 15) is 0 Å². The Morgan fingerprint density at radius 2 is 2.06 bits per heavy atom. The van der Waals surface area contributed by atoms with Crippen LogP contribution in [0.25, 0.3) is 0 Å². The summed E-state index contributed by atoms with van der Waals surface area (Å²) in [6, 6.07) is 6.41. The lowest BCUT2D eigenvalue weighted by Gasteiger charge is -2.30. The smallest absolute Gasteiger partial charge is 0.0642 e. The summed E-state index contributed by atoms with van der Waals surface area (Å²) in [6.07, 6.45) is 0.931. The zero-order valence-corrected chi connectivity index (χ0v) is 10.9. The number of hydrogen-bond donors (Lipinski definition) is 1. The maximum absolute atomic E-state index is 5.64. The van der Waals surface area contributed by atoms with E-state index in [1.807, 2.05) is 0 Å². The highest BCUT2D eigenvalue weighted by molar-refractivity contribution is 9.10. The molecule has 1 saturated heterocycles. The molecule has 88 valence electrons. The minimum absolute atomic E-state index is 0.693. The Morgan fingerprint density at radius 3 is 2.75 bits per heavy atom. The number of halogens is 1. The summed E-state index contributed by atoms with van der Waals surface area (Å²) in [5, 5.41) is 0. The Bertz CT molecular complexity index is 351. The van der Waals surface area contributed by atoms with Crippen LogP contribution < -0.4 is 10.6 Å². The Morgan fingerprint density at radius 1 is 1.31 bits per heavy atom.